The van der Waals surface area contributed by atoms with E-state index in [0.717, 1.165) is 0 Å². The molecule has 0 aliphatic heterocycles. The molecule has 0 fully saturated rings. The van der Waals surface area contributed by atoms with Crippen LogP contribution in [0.2, 0.25) is 0 Å². The summed E-state index contributed by atoms with van der Waals surface area (Å²) in [7, 11) is 0. The van der Waals surface area contributed by atoms with Crippen molar-refractivity contribution in [3.05, 3.63) is 0 Å². The lowest BCUT2D eigenvalue weighted by Crippen LogP contribution is -2.61. The fraction of sp³-hybridized carbons (Fsp3) is 0.671. The number of aliphatic hydroxyl groups is 1. The van der Waals surface area contributed by atoms with Gasteiger partial charge in [-0.05, 0) is 128 Å². The minimum absolute atomic E-state index is 0.0128. The van der Waals surface area contributed by atoms with Crippen LogP contribution >= 0.6 is 0 Å². The number of hydrogen-bond donors (Lipinski definition) is 34. The largest absolute Gasteiger partial charge is 0.481 e. The third kappa shape index (κ3) is 49.9. The van der Waals surface area contributed by atoms with Crippen molar-refractivity contribution in [2.24, 2.45) is 46.2 Å². The number of guanidine groups is 3. The number of rotatable bonds is 68. The lowest BCUT2D eigenvalue weighted by atomic mass is 10.0. The zero-order valence-electron chi connectivity index (χ0n) is 71.4. The Hall–Kier alpha value is -13.5. The van der Waals surface area contributed by atoms with E-state index in [2.05, 4.69) is 90.4 Å². The van der Waals surface area contributed by atoms with Crippen LogP contribution in [-0.2, 0) is 101 Å². The summed E-state index contributed by atoms with van der Waals surface area (Å²) in [5.74, 6) is -31.6. The van der Waals surface area contributed by atoms with Gasteiger partial charge in [0.2, 0.25) is 82.7 Å². The lowest BCUT2D eigenvalue weighted by Gasteiger charge is -2.28. The zero-order valence-corrected chi connectivity index (χ0v) is 71.4. The SMILES string of the molecule is CC(C)C[C@H](NC(=O)[C@@H](N)CCCNC(=N)N)C(=O)N[C@@H](CCC(=O)O)C(=O)N[C@@H](CO)C(=O)N[C@@H](CCCCN)C(=O)N[C@@H](CC(=O)O)C(=O)NCC(=O)N[C@@H](CCC(=O)O)C(=O)N[C@H](C(=O)N[C@@H](CCCNC(=N)N)C(=O)N[C@@H](CC(=O)O)C(=O)N[C@@H](CCC(=O)O)C(=O)N[C@@H](CCCCN)C(=O)N[C@@H](CC(=O)O)C(=O)N[C@@H](CCCNC(=N)N)C(=O)O)C(C)C. The van der Waals surface area contributed by atoms with Crippen molar-refractivity contribution in [1.82, 2.24) is 90.4 Å². The molecule has 0 aromatic rings. The highest BCUT2D eigenvalue weighted by molar-refractivity contribution is 6.02. The summed E-state index contributed by atoms with van der Waals surface area (Å²) in [6.45, 7) is 3.74. The van der Waals surface area contributed by atoms with E-state index in [1.165, 1.54) is 13.8 Å². The van der Waals surface area contributed by atoms with E-state index in [1.807, 2.05) is 0 Å². The molecule has 0 aromatic heterocycles. The Morgan fingerprint density at radius 3 is 0.914 bits per heavy atom. The Balaban J connectivity index is 7.12. The predicted octanol–water partition coefficient (Wildman–Crippen LogP) is -11.4. The highest BCUT2D eigenvalue weighted by Crippen LogP contribution is 2.15. The number of aliphatic carboxylic acids is 7. The average Bonchev–Trinajstić information content (AvgIpc) is 0.843. The van der Waals surface area contributed by atoms with Gasteiger partial charge in [0, 0.05) is 38.9 Å². The number of nitrogens with two attached hydrogens (primary N) is 6. The molecular formula is C73H126N26O29. The van der Waals surface area contributed by atoms with Crippen molar-refractivity contribution in [3.63, 3.8) is 0 Å². The molecule has 0 rings (SSSR count). The molecule has 0 heterocycles. The quantitative estimate of drug-likeness (QED) is 0.0153. The second kappa shape index (κ2) is 61.8. The number of carboxylic acids is 7. The molecule has 0 aromatic carbocycles. The Morgan fingerprint density at radius 2 is 0.578 bits per heavy atom. The van der Waals surface area contributed by atoms with Gasteiger partial charge in [0.05, 0.1) is 38.5 Å². The van der Waals surface area contributed by atoms with E-state index < -0.39 is 304 Å². The van der Waals surface area contributed by atoms with Crippen molar-refractivity contribution < 1.29 is 142 Å². The molecule has 14 atom stereocenters. The molecule has 0 saturated carbocycles. The van der Waals surface area contributed by atoms with Crippen molar-refractivity contribution in [2.75, 3.05) is 45.9 Å². The summed E-state index contributed by atoms with van der Waals surface area (Å²) in [4.78, 5) is 279. The molecule has 128 heavy (non-hydrogen) atoms. The van der Waals surface area contributed by atoms with Crippen LogP contribution in [0.4, 0.5) is 0 Å². The van der Waals surface area contributed by atoms with Crippen LogP contribution in [0.25, 0.3) is 0 Å². The third-order valence-corrected chi connectivity index (χ3v) is 18.4. The molecule has 0 aliphatic carbocycles. The van der Waals surface area contributed by atoms with Gasteiger partial charge in [-0.1, -0.05) is 27.7 Å². The predicted molar refractivity (Wildman–Crippen MR) is 446 cm³/mol. The van der Waals surface area contributed by atoms with Crippen LogP contribution in [0.3, 0.4) is 0 Å². The van der Waals surface area contributed by atoms with Gasteiger partial charge in [-0.2, -0.15) is 0 Å². The molecule has 722 valence electrons. The van der Waals surface area contributed by atoms with Crippen molar-refractivity contribution in [2.45, 2.75) is 254 Å². The fourth-order valence-corrected chi connectivity index (χ4v) is 11.8. The number of hydrogen-bond acceptors (Lipinski definition) is 28. The molecule has 55 heteroatoms. The van der Waals surface area contributed by atoms with Gasteiger partial charge >= 0.3 is 41.8 Å². The minimum atomic E-state index is -2.24. The number of nitrogens with one attached hydrogen (secondary N) is 20. The van der Waals surface area contributed by atoms with Crippen LogP contribution in [0.5, 0.6) is 0 Å². The van der Waals surface area contributed by atoms with Crippen LogP contribution < -0.4 is 125 Å². The van der Waals surface area contributed by atoms with Gasteiger partial charge in [-0.3, -0.25) is 112 Å². The van der Waals surface area contributed by atoms with Gasteiger partial charge in [0.15, 0.2) is 17.9 Å². The lowest BCUT2D eigenvalue weighted by molar-refractivity contribution is -0.144. The first kappa shape index (κ1) is 115. The number of amides is 14. The monoisotopic (exact) mass is 1830 g/mol. The first-order valence-electron chi connectivity index (χ1n) is 40.7. The van der Waals surface area contributed by atoms with E-state index in [-0.39, 0.29) is 122 Å². The highest BCUT2D eigenvalue weighted by atomic mass is 16.4. The van der Waals surface area contributed by atoms with Gasteiger partial charge in [0.1, 0.15) is 78.5 Å². The minimum Gasteiger partial charge on any atom is -0.481 e. The summed E-state index contributed by atoms with van der Waals surface area (Å²) < 4.78 is 0. The molecular weight excluding hydrogens is 1700 g/mol. The van der Waals surface area contributed by atoms with Crippen LogP contribution in [0.1, 0.15) is 169 Å². The maximum absolute atomic E-state index is 14.4. The third-order valence-electron chi connectivity index (χ3n) is 18.4. The van der Waals surface area contributed by atoms with E-state index in [9.17, 15) is 142 Å². The second-order valence-electron chi connectivity index (χ2n) is 30.1. The Morgan fingerprint density at radius 1 is 0.297 bits per heavy atom. The molecule has 55 nitrogen and oxygen atoms in total. The van der Waals surface area contributed by atoms with Crippen LogP contribution in [0, 0.1) is 28.1 Å². The number of carbonyl (C=O) groups is 21. The standard InChI is InChI=1S/C73H126N26O29/c1-34(2)28-44(94-57(114)36(76)12-9-25-83-71(77)78)65(122)90-42(19-22-52(106)107)63(120)98-48(33-100)68(125)89-38(14-6-8-24-75)59(116)95-45(29-53(108)109)58(115)86-32-49(101)87-40(17-20-50(102)103)64(121)99-56(35(3)4)69(126)92-39(15-10-26-84-72(79)80)61(118)96-46(30-54(110)111)66(123)91-41(18-21-51(104)105)62(119)88-37(13-5-7-23-74)60(117)97-47(31-55(112)113)67(124)93-43(70(127)128)16-11-27-85-73(81)82/h34-48,56,100H,5-33,74-76H2,1-4H3,(H,86,115)(H,87,101)(H,88,119)(H,89,125)(H,90,122)(H,91,123)(H,92,126)(H,93,124)(H,94,114)(H,95,116)(H,96,118)(H,97,117)(H,98,120)(H,99,121)(H,102,103)(H,104,105)(H,106,107)(H,108,109)(H,110,111)(H,112,113)(H,127,128)(H4,77,78,83)(H4,79,80,84)(H4,81,82,85)/t36-,37-,38-,39-,40-,41-,42-,43-,44-,45-,46-,47-,48-,56-/m0/s1. The van der Waals surface area contributed by atoms with Gasteiger partial charge in [-0.15, -0.1) is 0 Å². The topological polar surface area (TPSA) is 952 Å². The summed E-state index contributed by atoms with van der Waals surface area (Å²) in [5, 5.41) is 139. The van der Waals surface area contributed by atoms with E-state index in [1.54, 1.807) is 13.8 Å². The summed E-state index contributed by atoms with van der Waals surface area (Å²) in [6.07, 6.45) is -9.22. The normalized spacial score (nSPS) is 14.2. The number of aliphatic hydroxyl groups excluding tert-OH is 1. The summed E-state index contributed by atoms with van der Waals surface area (Å²) in [6, 6.07) is -25.4. The van der Waals surface area contributed by atoms with Gasteiger partial charge in [0.25, 0.3) is 0 Å². The molecule has 0 aliphatic rings. The highest BCUT2D eigenvalue weighted by Gasteiger charge is 2.40. The molecule has 14 amide bonds. The number of carbonyl (C=O) groups excluding carboxylic acids is 14. The first-order chi connectivity index (χ1) is 60.0. The molecule has 40 N–H and O–H groups in total. The van der Waals surface area contributed by atoms with Crippen molar-refractivity contribution in [3.8, 4) is 0 Å². The number of carboxylic acid groups (broad SMARTS) is 7. The van der Waals surface area contributed by atoms with Crippen molar-refractivity contribution in [1.29, 1.82) is 16.2 Å². The summed E-state index contributed by atoms with van der Waals surface area (Å²) in [5.41, 5.74) is 33.3. The Kier molecular flexibility index (Phi) is 55.3. The van der Waals surface area contributed by atoms with E-state index >= 15 is 0 Å². The maximum atomic E-state index is 14.4. The second-order valence-corrected chi connectivity index (χ2v) is 30.1. The number of unbranched alkanes of at least 4 members (excludes halogenated alkanes) is 2. The van der Waals surface area contributed by atoms with Gasteiger partial charge in [-0.25, -0.2) is 4.79 Å². The van der Waals surface area contributed by atoms with E-state index in [0.29, 0.717) is 0 Å². The van der Waals surface area contributed by atoms with Crippen LogP contribution in [-0.4, -0.2) is 314 Å². The Labute approximate surface area is 733 Å². The zero-order chi connectivity index (χ0) is 97.6. The smallest absolute Gasteiger partial charge is 0.326 e. The summed E-state index contributed by atoms with van der Waals surface area (Å²) >= 11 is 0. The average molecular weight is 1830 g/mol. The molecule has 0 saturated heterocycles. The van der Waals surface area contributed by atoms with E-state index in [4.69, 9.17) is 50.6 Å². The van der Waals surface area contributed by atoms with Crippen LogP contribution in [0.15, 0.2) is 0 Å². The molecule has 0 bridgehead atoms. The Bertz CT molecular complexity index is 3840. The first-order valence-corrected chi connectivity index (χ1v) is 40.7. The molecule has 0 radical (unpaired) electrons. The maximum Gasteiger partial charge on any atom is 0.326 e. The molecule has 0 unspecified atom stereocenters. The fourth-order valence-electron chi connectivity index (χ4n) is 11.8. The van der Waals surface area contributed by atoms with Gasteiger partial charge < -0.3 is 166 Å². The molecule has 0 spiro atoms. The van der Waals surface area contributed by atoms with Crippen molar-refractivity contribution >= 4 is 142 Å².